The monoisotopic (exact) mass is 647 g/mol. The topological polar surface area (TPSA) is 91.7 Å². The number of ether oxygens (including phenoxy) is 3. The molecule has 1 amide bonds. The number of alkyl halides is 3. The summed E-state index contributed by atoms with van der Waals surface area (Å²) in [5.74, 6) is -1.72. The minimum atomic E-state index is -4.43. The summed E-state index contributed by atoms with van der Waals surface area (Å²) in [5, 5.41) is 7.48. The Morgan fingerprint density at radius 2 is 1.63 bits per heavy atom. The van der Waals surface area contributed by atoms with E-state index >= 15 is 0 Å². The van der Waals surface area contributed by atoms with Gasteiger partial charge in [-0.15, -0.1) is 0 Å². The van der Waals surface area contributed by atoms with Gasteiger partial charge >= 0.3 is 18.2 Å². The van der Waals surface area contributed by atoms with Crippen LogP contribution in [0.1, 0.15) is 65.9 Å². The third kappa shape index (κ3) is 13.9. The van der Waals surface area contributed by atoms with Crippen LogP contribution in [0.25, 0.3) is 10.9 Å². The Labute approximate surface area is 258 Å². The molecular weight excluding hydrogens is 599 g/mol. The molecule has 1 N–H and O–H groups in total. The SMILES string of the molecule is CC(C)(C)OC(=O)N[C@@H](CCSCCC(c1ccc2c(cnn2COCC[Si](C)(C)C)c1)C(F)(F)F)C(=O)OC(C)(C)C. The average Bonchev–Trinajstić information content (AvgIpc) is 3.21. The molecule has 1 heterocycles. The highest BCUT2D eigenvalue weighted by atomic mass is 32.2. The molecule has 0 aliphatic carbocycles. The van der Waals surface area contributed by atoms with Gasteiger partial charge in [-0.1, -0.05) is 25.7 Å². The van der Waals surface area contributed by atoms with Crippen molar-refractivity contribution in [2.24, 2.45) is 0 Å². The van der Waals surface area contributed by atoms with E-state index in [1.165, 1.54) is 17.8 Å². The predicted molar refractivity (Wildman–Crippen MR) is 168 cm³/mol. The van der Waals surface area contributed by atoms with E-state index in [0.29, 0.717) is 17.7 Å². The van der Waals surface area contributed by atoms with Crippen LogP contribution in [0.2, 0.25) is 25.7 Å². The Bertz CT molecular complexity index is 1200. The fraction of sp³-hybridized carbons (Fsp3) is 0.700. The quantitative estimate of drug-likeness (QED) is 0.127. The Morgan fingerprint density at radius 3 is 2.21 bits per heavy atom. The minimum Gasteiger partial charge on any atom is -0.458 e. The van der Waals surface area contributed by atoms with E-state index in [1.54, 1.807) is 64.6 Å². The van der Waals surface area contributed by atoms with Crippen molar-refractivity contribution in [3.63, 3.8) is 0 Å². The summed E-state index contributed by atoms with van der Waals surface area (Å²) in [7, 11) is -1.23. The Balaban J connectivity index is 2.00. The minimum absolute atomic E-state index is 0.135. The van der Waals surface area contributed by atoms with E-state index in [9.17, 15) is 22.8 Å². The summed E-state index contributed by atoms with van der Waals surface area (Å²) in [4.78, 5) is 25.0. The van der Waals surface area contributed by atoms with E-state index in [0.717, 1.165) is 11.6 Å². The number of nitrogens with zero attached hydrogens (tertiary/aromatic N) is 2. The lowest BCUT2D eigenvalue weighted by Crippen LogP contribution is -2.46. The summed E-state index contributed by atoms with van der Waals surface area (Å²) in [6.45, 7) is 17.9. The maximum absolute atomic E-state index is 14.1. The van der Waals surface area contributed by atoms with Crippen LogP contribution in [0.15, 0.2) is 24.4 Å². The van der Waals surface area contributed by atoms with Crippen LogP contribution in [0.3, 0.4) is 0 Å². The summed E-state index contributed by atoms with van der Waals surface area (Å²) in [6, 6.07) is 4.75. The molecule has 1 unspecified atom stereocenters. The van der Waals surface area contributed by atoms with Gasteiger partial charge in [-0.05, 0) is 89.6 Å². The van der Waals surface area contributed by atoms with Gasteiger partial charge in [0, 0.05) is 20.1 Å². The first kappa shape index (κ1) is 36.9. The molecule has 0 aliphatic rings. The number of amides is 1. The normalized spacial score (nSPS) is 14.4. The molecule has 0 radical (unpaired) electrons. The average molecular weight is 648 g/mol. The first-order valence-electron chi connectivity index (χ1n) is 14.5. The highest BCUT2D eigenvalue weighted by Crippen LogP contribution is 2.39. The van der Waals surface area contributed by atoms with Crippen molar-refractivity contribution in [2.75, 3.05) is 18.1 Å². The largest absolute Gasteiger partial charge is 0.458 e. The van der Waals surface area contributed by atoms with Gasteiger partial charge in [0.05, 0.1) is 17.6 Å². The molecule has 0 saturated carbocycles. The number of thioether (sulfide) groups is 1. The molecular formula is C30H48F3N3O5SSi. The summed E-state index contributed by atoms with van der Waals surface area (Å²) >= 11 is 1.29. The maximum atomic E-state index is 14.1. The second-order valence-electron chi connectivity index (χ2n) is 13.8. The molecule has 43 heavy (non-hydrogen) atoms. The molecule has 0 saturated heterocycles. The number of nitrogens with one attached hydrogen (secondary N) is 1. The lowest BCUT2D eigenvalue weighted by atomic mass is 9.95. The molecule has 1 aromatic carbocycles. The van der Waals surface area contributed by atoms with E-state index < -0.39 is 49.5 Å². The zero-order chi connectivity index (χ0) is 32.6. The van der Waals surface area contributed by atoms with Crippen molar-refractivity contribution in [1.29, 1.82) is 0 Å². The molecule has 244 valence electrons. The van der Waals surface area contributed by atoms with Gasteiger partial charge in [0.1, 0.15) is 24.0 Å². The second-order valence-corrected chi connectivity index (χ2v) is 20.7. The molecule has 0 spiro atoms. The molecule has 13 heteroatoms. The molecule has 0 bridgehead atoms. The number of alkyl carbamates (subject to hydrolysis) is 1. The Kier molecular flexibility index (Phi) is 13.0. The number of benzene rings is 1. The van der Waals surface area contributed by atoms with E-state index in [2.05, 4.69) is 30.1 Å². The van der Waals surface area contributed by atoms with E-state index in [1.807, 2.05) is 0 Å². The van der Waals surface area contributed by atoms with Gasteiger partial charge in [-0.3, -0.25) is 0 Å². The van der Waals surface area contributed by atoms with E-state index in [-0.39, 0.29) is 30.9 Å². The molecule has 0 fully saturated rings. The van der Waals surface area contributed by atoms with Gasteiger partial charge in [0.25, 0.3) is 0 Å². The van der Waals surface area contributed by atoms with Crippen LogP contribution >= 0.6 is 11.8 Å². The maximum Gasteiger partial charge on any atom is 0.408 e. The number of hydrogen-bond donors (Lipinski definition) is 1. The summed E-state index contributed by atoms with van der Waals surface area (Å²) in [6.07, 6.45) is -3.58. The van der Waals surface area contributed by atoms with Gasteiger partial charge in [-0.2, -0.15) is 30.0 Å². The van der Waals surface area contributed by atoms with Gasteiger partial charge < -0.3 is 19.5 Å². The zero-order valence-electron chi connectivity index (χ0n) is 26.9. The molecule has 2 aromatic rings. The number of rotatable bonds is 14. The number of fused-ring (bicyclic) bond motifs is 1. The first-order valence-corrected chi connectivity index (χ1v) is 19.4. The van der Waals surface area contributed by atoms with Crippen LogP contribution in [0.4, 0.5) is 18.0 Å². The smallest absolute Gasteiger partial charge is 0.408 e. The van der Waals surface area contributed by atoms with Gasteiger partial charge in [-0.25, -0.2) is 14.3 Å². The molecule has 2 rings (SSSR count). The number of aromatic nitrogens is 2. The van der Waals surface area contributed by atoms with Crippen molar-refractivity contribution >= 4 is 42.8 Å². The Morgan fingerprint density at radius 1 is 1.00 bits per heavy atom. The molecule has 1 aromatic heterocycles. The highest BCUT2D eigenvalue weighted by molar-refractivity contribution is 7.99. The van der Waals surface area contributed by atoms with Crippen molar-refractivity contribution < 1.29 is 37.0 Å². The lowest BCUT2D eigenvalue weighted by Gasteiger charge is -2.26. The predicted octanol–water partition coefficient (Wildman–Crippen LogP) is 7.74. The summed E-state index contributed by atoms with van der Waals surface area (Å²) in [5.41, 5.74) is -0.626. The van der Waals surface area contributed by atoms with Crippen LogP contribution in [-0.2, 0) is 25.7 Å². The van der Waals surface area contributed by atoms with Crippen LogP contribution in [-0.4, -0.2) is 71.4 Å². The molecule has 8 nitrogen and oxygen atoms in total. The van der Waals surface area contributed by atoms with Gasteiger partial charge in [0.15, 0.2) is 0 Å². The lowest BCUT2D eigenvalue weighted by molar-refractivity contribution is -0.157. The number of halogens is 3. The van der Waals surface area contributed by atoms with Crippen LogP contribution < -0.4 is 5.32 Å². The summed E-state index contributed by atoms with van der Waals surface area (Å²) < 4.78 is 60.5. The standard InChI is InChI=1S/C30H48F3N3O5SSi/c1-28(2,3)40-26(37)24(35-27(38)41-29(4,5)6)13-16-42-15-12-23(30(31,32)33)21-10-11-25-22(18-21)19-34-36(25)20-39-14-17-43(7,8)9/h10-11,18-19,23-24H,12-17,20H2,1-9H3,(H,35,38)/t23?,24-/m0/s1. The van der Waals surface area contributed by atoms with Crippen LogP contribution in [0, 0.1) is 0 Å². The Hall–Kier alpha value is -2.25. The second kappa shape index (κ2) is 15.2. The third-order valence-corrected chi connectivity index (χ3v) is 8.91. The first-order chi connectivity index (χ1) is 19.6. The van der Waals surface area contributed by atoms with Crippen molar-refractivity contribution in [3.8, 4) is 0 Å². The number of esters is 1. The molecule has 2 atom stereocenters. The highest BCUT2D eigenvalue weighted by Gasteiger charge is 2.40. The van der Waals surface area contributed by atoms with Crippen LogP contribution in [0.5, 0.6) is 0 Å². The van der Waals surface area contributed by atoms with Crippen molar-refractivity contribution in [2.45, 2.75) is 116 Å². The van der Waals surface area contributed by atoms with E-state index in [4.69, 9.17) is 14.2 Å². The van der Waals surface area contributed by atoms with Crippen molar-refractivity contribution in [1.82, 2.24) is 15.1 Å². The number of carbonyl (C=O) groups excluding carboxylic acids is 2. The fourth-order valence-corrected chi connectivity index (χ4v) is 5.82. The fourth-order valence-electron chi connectivity index (χ4n) is 4.05. The zero-order valence-corrected chi connectivity index (χ0v) is 28.7. The van der Waals surface area contributed by atoms with Gasteiger partial charge in [0.2, 0.25) is 0 Å². The number of hydrogen-bond acceptors (Lipinski definition) is 7. The van der Waals surface area contributed by atoms with Crippen molar-refractivity contribution in [3.05, 3.63) is 30.0 Å². The number of carbonyl (C=O) groups is 2. The third-order valence-electron chi connectivity index (χ3n) is 6.16. The molecule has 0 aliphatic heterocycles.